The highest BCUT2D eigenvalue weighted by atomic mass is 16.5. The molecule has 0 unspecified atom stereocenters. The van der Waals surface area contributed by atoms with E-state index in [9.17, 15) is 4.79 Å². The molecule has 0 fully saturated rings. The van der Waals surface area contributed by atoms with E-state index < -0.39 is 0 Å². The predicted molar refractivity (Wildman–Crippen MR) is 120 cm³/mol. The molecule has 0 bridgehead atoms. The molecular weight excluding hydrogens is 374 g/mol. The van der Waals surface area contributed by atoms with E-state index in [0.29, 0.717) is 11.3 Å². The molecule has 2 aromatic rings. The summed E-state index contributed by atoms with van der Waals surface area (Å²) in [6, 6.07) is 20.7. The third-order valence-electron chi connectivity index (χ3n) is 6.09. The monoisotopic (exact) mass is 397 g/mol. The number of hydrogen-bond donors (Lipinski definition) is 0. The van der Waals surface area contributed by atoms with Crippen molar-refractivity contribution >= 4 is 0 Å². The third kappa shape index (κ3) is 2.71. The van der Waals surface area contributed by atoms with Gasteiger partial charge in [-0.05, 0) is 60.4 Å². The van der Waals surface area contributed by atoms with Crippen molar-refractivity contribution < 1.29 is 9.47 Å². The molecule has 2 aromatic carbocycles. The summed E-state index contributed by atoms with van der Waals surface area (Å²) in [6.07, 6.45) is 0.922. The lowest BCUT2D eigenvalue weighted by Gasteiger charge is -2.30. The molecule has 0 aromatic heterocycles. The summed E-state index contributed by atoms with van der Waals surface area (Å²) in [4.78, 5) is 12.8. The summed E-state index contributed by atoms with van der Waals surface area (Å²) in [7, 11) is 3.25. The van der Waals surface area contributed by atoms with Crippen molar-refractivity contribution in [2.75, 3.05) is 14.2 Å². The van der Waals surface area contributed by atoms with Crippen molar-refractivity contribution in [1.82, 2.24) is 4.57 Å². The van der Waals surface area contributed by atoms with Crippen molar-refractivity contribution in [3.05, 3.63) is 82.0 Å². The van der Waals surface area contributed by atoms with Gasteiger partial charge in [-0.25, -0.2) is 0 Å². The minimum atomic E-state index is -0.0558. The van der Waals surface area contributed by atoms with Crippen LogP contribution >= 0.6 is 0 Å². The molecule has 0 saturated heterocycles. The molecule has 0 radical (unpaired) electrons. The van der Waals surface area contributed by atoms with E-state index in [1.54, 1.807) is 14.2 Å². The Bertz CT molecular complexity index is 1290. The Hall–Kier alpha value is -3.53. The lowest BCUT2D eigenvalue weighted by molar-refractivity contribution is 0.410. The summed E-state index contributed by atoms with van der Waals surface area (Å²) < 4.78 is 13.2. The van der Waals surface area contributed by atoms with Crippen molar-refractivity contribution in [2.45, 2.75) is 19.9 Å². The number of ether oxygens (including phenoxy) is 2. The fourth-order valence-electron chi connectivity index (χ4n) is 4.55. The van der Waals surface area contributed by atoms with Gasteiger partial charge in [0.15, 0.2) is 5.75 Å². The Kier molecular flexibility index (Phi) is 4.35. The maximum absolute atomic E-state index is 12.8. The number of methoxy groups -OCH3 is 2. The van der Waals surface area contributed by atoms with Crippen molar-refractivity contribution in [2.24, 2.45) is 0 Å². The van der Waals surface area contributed by atoms with E-state index in [1.165, 1.54) is 11.1 Å². The molecule has 0 atom stereocenters. The van der Waals surface area contributed by atoms with Gasteiger partial charge in [0.1, 0.15) is 5.75 Å². The summed E-state index contributed by atoms with van der Waals surface area (Å²) in [5.74, 6) is 1.26. The second-order valence-electron chi connectivity index (χ2n) is 7.66. The highest BCUT2D eigenvalue weighted by Crippen LogP contribution is 2.43. The molecule has 1 aliphatic carbocycles. The van der Waals surface area contributed by atoms with Gasteiger partial charge in [-0.1, -0.05) is 30.3 Å². The SMILES string of the molecule is COc1ccc2c(c1)CCn1c-2cc2c(C)c(=O)c(OC)cc-2c1-c1ccccc1. The van der Waals surface area contributed by atoms with Gasteiger partial charge in [0, 0.05) is 28.9 Å². The number of rotatable bonds is 3. The van der Waals surface area contributed by atoms with Gasteiger partial charge < -0.3 is 14.0 Å². The van der Waals surface area contributed by atoms with Crippen molar-refractivity contribution in [1.29, 1.82) is 0 Å². The second kappa shape index (κ2) is 7.06. The highest BCUT2D eigenvalue weighted by molar-refractivity contribution is 5.89. The van der Waals surface area contributed by atoms with E-state index in [1.807, 2.05) is 25.1 Å². The molecule has 0 spiro atoms. The van der Waals surface area contributed by atoms with Gasteiger partial charge in [0.05, 0.1) is 19.9 Å². The smallest absolute Gasteiger partial charge is 0.223 e. The highest BCUT2D eigenvalue weighted by Gasteiger charge is 2.26. The number of hydrogen-bond acceptors (Lipinski definition) is 3. The zero-order chi connectivity index (χ0) is 20.8. The zero-order valence-corrected chi connectivity index (χ0v) is 17.4. The van der Waals surface area contributed by atoms with Gasteiger partial charge in [0.25, 0.3) is 0 Å². The molecule has 4 heteroatoms. The quantitative estimate of drug-likeness (QED) is 0.479. The molecular formula is C26H23NO3. The zero-order valence-electron chi connectivity index (χ0n) is 17.4. The normalized spacial score (nSPS) is 12.4. The fourth-order valence-corrected chi connectivity index (χ4v) is 4.55. The van der Waals surface area contributed by atoms with Gasteiger partial charge in [-0.3, -0.25) is 4.79 Å². The Morgan fingerprint density at radius 1 is 0.867 bits per heavy atom. The number of aryl methyl sites for hydroxylation is 1. The fraction of sp³-hybridized carbons (Fsp3) is 0.192. The number of nitrogens with zero attached hydrogens (tertiary/aromatic N) is 1. The lowest BCUT2D eigenvalue weighted by Crippen LogP contribution is -2.19. The molecule has 0 N–H and O–H groups in total. The Morgan fingerprint density at radius 2 is 1.67 bits per heavy atom. The van der Waals surface area contributed by atoms with Gasteiger partial charge in [-0.2, -0.15) is 0 Å². The minimum absolute atomic E-state index is 0.0558. The van der Waals surface area contributed by atoms with Crippen LogP contribution in [0.3, 0.4) is 0 Å². The van der Waals surface area contributed by atoms with Gasteiger partial charge in [-0.15, -0.1) is 0 Å². The average Bonchev–Trinajstić information content (AvgIpc) is 2.80. The van der Waals surface area contributed by atoms with Crippen LogP contribution in [0.15, 0.2) is 65.5 Å². The maximum Gasteiger partial charge on any atom is 0.223 e. The molecule has 3 aliphatic rings. The van der Waals surface area contributed by atoms with Crippen LogP contribution < -0.4 is 14.9 Å². The average molecular weight is 397 g/mol. The maximum atomic E-state index is 12.8. The first-order valence-electron chi connectivity index (χ1n) is 10.1. The number of benzene rings is 3. The Morgan fingerprint density at radius 3 is 2.40 bits per heavy atom. The molecule has 5 rings (SSSR count). The summed E-state index contributed by atoms with van der Waals surface area (Å²) in [5, 5.41) is 0. The van der Waals surface area contributed by atoms with E-state index in [4.69, 9.17) is 9.47 Å². The van der Waals surface area contributed by atoms with Gasteiger partial charge >= 0.3 is 0 Å². The number of fused-ring (bicyclic) bond motifs is 4. The number of aromatic nitrogens is 1. The Balaban J connectivity index is 1.91. The second-order valence-corrected chi connectivity index (χ2v) is 7.66. The third-order valence-corrected chi connectivity index (χ3v) is 6.09. The first-order chi connectivity index (χ1) is 14.6. The molecule has 4 nitrogen and oxygen atoms in total. The molecule has 0 saturated carbocycles. The van der Waals surface area contributed by atoms with Crippen LogP contribution in [0.2, 0.25) is 0 Å². The largest absolute Gasteiger partial charge is 0.497 e. The van der Waals surface area contributed by atoms with Crippen LogP contribution in [0.25, 0.3) is 33.6 Å². The number of pyridine rings is 1. The van der Waals surface area contributed by atoms with Crippen LogP contribution in [-0.2, 0) is 13.0 Å². The van der Waals surface area contributed by atoms with E-state index in [2.05, 4.69) is 47.0 Å². The summed E-state index contributed by atoms with van der Waals surface area (Å²) >= 11 is 0. The van der Waals surface area contributed by atoms with E-state index in [-0.39, 0.29) is 5.43 Å². The molecule has 2 aliphatic heterocycles. The topological polar surface area (TPSA) is 40.5 Å². The Labute approximate surface area is 175 Å². The van der Waals surface area contributed by atoms with E-state index in [0.717, 1.165) is 46.8 Å². The van der Waals surface area contributed by atoms with Crippen LogP contribution in [-0.4, -0.2) is 18.8 Å². The van der Waals surface area contributed by atoms with Crippen molar-refractivity contribution in [3.63, 3.8) is 0 Å². The molecule has 30 heavy (non-hydrogen) atoms. The van der Waals surface area contributed by atoms with Gasteiger partial charge in [0.2, 0.25) is 5.43 Å². The van der Waals surface area contributed by atoms with Crippen molar-refractivity contribution in [3.8, 4) is 45.1 Å². The standard InChI is InChI=1S/C26H23NO3/c1-16-21-14-23-20-10-9-19(29-2)13-18(20)11-12-27(23)25(17-7-5-4-6-8-17)22(21)15-24(30-3)26(16)28/h4-10,13-15H,11-12H2,1-3H3. The summed E-state index contributed by atoms with van der Waals surface area (Å²) in [6.45, 7) is 2.74. The molecule has 0 amide bonds. The minimum Gasteiger partial charge on any atom is -0.497 e. The van der Waals surface area contributed by atoms with Crippen LogP contribution in [0.5, 0.6) is 11.5 Å². The summed E-state index contributed by atoms with van der Waals surface area (Å²) in [5.41, 5.74) is 8.48. The lowest BCUT2D eigenvalue weighted by atomic mass is 9.88. The molecule has 2 heterocycles. The van der Waals surface area contributed by atoms with Crippen LogP contribution in [0.1, 0.15) is 11.1 Å². The molecule has 150 valence electrons. The predicted octanol–water partition coefficient (Wildman–Crippen LogP) is 5.17. The van der Waals surface area contributed by atoms with E-state index >= 15 is 0 Å². The van der Waals surface area contributed by atoms with Crippen LogP contribution in [0.4, 0.5) is 0 Å². The first kappa shape index (κ1) is 18.5. The first-order valence-corrected chi connectivity index (χ1v) is 10.1. The van der Waals surface area contributed by atoms with Crippen LogP contribution in [0, 0.1) is 6.92 Å².